The molecule has 0 aromatic rings. The monoisotopic (exact) mass is 165 g/mol. The smallest absolute Gasteiger partial charge is 0.407 e. The van der Waals surface area contributed by atoms with Gasteiger partial charge in [0.05, 0.1) is 5.88 Å². The molecule has 60 valence electrons. The third kappa shape index (κ3) is 5.69. The van der Waals surface area contributed by atoms with Gasteiger partial charge >= 0.3 is 6.09 Å². The van der Waals surface area contributed by atoms with Gasteiger partial charge in [0, 0.05) is 6.54 Å². The lowest BCUT2D eigenvalue weighted by molar-refractivity contribution is 0.153. The maximum atomic E-state index is 10.6. The van der Waals surface area contributed by atoms with Crippen molar-refractivity contribution in [1.29, 1.82) is 0 Å². The molecule has 3 nitrogen and oxygen atoms in total. The fourth-order valence-corrected chi connectivity index (χ4v) is 0.487. The van der Waals surface area contributed by atoms with Crippen LogP contribution in [0, 0.1) is 0 Å². The van der Waals surface area contributed by atoms with Crippen LogP contribution < -0.4 is 5.32 Å². The van der Waals surface area contributed by atoms with E-state index < -0.39 is 0 Å². The molecular formula is C6H12ClNO2. The first-order valence-corrected chi connectivity index (χ1v) is 3.81. The number of carbonyl (C=O) groups is 1. The van der Waals surface area contributed by atoms with E-state index in [2.05, 4.69) is 10.1 Å². The Morgan fingerprint density at radius 1 is 1.70 bits per heavy atom. The van der Waals surface area contributed by atoms with Crippen LogP contribution in [0.1, 0.15) is 13.3 Å². The lowest BCUT2D eigenvalue weighted by Crippen LogP contribution is -2.25. The molecule has 0 heterocycles. The minimum Gasteiger partial charge on any atom is -0.448 e. The normalized spacial score (nSPS) is 9.00. The predicted molar refractivity (Wildman–Crippen MR) is 40.4 cm³/mol. The molecule has 0 atom stereocenters. The first kappa shape index (κ1) is 9.56. The third-order valence-electron chi connectivity index (χ3n) is 0.830. The van der Waals surface area contributed by atoms with Crippen molar-refractivity contribution < 1.29 is 9.53 Å². The van der Waals surface area contributed by atoms with Gasteiger partial charge in [-0.25, -0.2) is 4.79 Å². The van der Waals surface area contributed by atoms with E-state index in [9.17, 15) is 4.79 Å². The maximum Gasteiger partial charge on any atom is 0.407 e. The number of carbonyl (C=O) groups excluding carboxylic acids is 1. The van der Waals surface area contributed by atoms with Gasteiger partial charge in [0.2, 0.25) is 0 Å². The molecule has 0 fully saturated rings. The highest BCUT2D eigenvalue weighted by Crippen LogP contribution is 1.80. The second kappa shape index (κ2) is 6.68. The lowest BCUT2D eigenvalue weighted by atomic mass is 10.5. The Labute approximate surface area is 65.7 Å². The van der Waals surface area contributed by atoms with Crippen molar-refractivity contribution in [3.8, 4) is 0 Å². The molecule has 0 saturated carbocycles. The van der Waals surface area contributed by atoms with Crippen molar-refractivity contribution in [3.63, 3.8) is 0 Å². The number of ether oxygens (including phenoxy) is 1. The quantitative estimate of drug-likeness (QED) is 0.639. The lowest BCUT2D eigenvalue weighted by Gasteiger charge is -2.02. The van der Waals surface area contributed by atoms with E-state index in [0.29, 0.717) is 12.4 Å². The number of alkyl halides is 1. The van der Waals surface area contributed by atoms with Crippen molar-refractivity contribution in [2.24, 2.45) is 0 Å². The Bertz CT molecular complexity index is 87.7. The van der Waals surface area contributed by atoms with Crippen LogP contribution in [0.2, 0.25) is 0 Å². The van der Waals surface area contributed by atoms with Crippen molar-refractivity contribution in [1.82, 2.24) is 5.32 Å². The van der Waals surface area contributed by atoms with E-state index >= 15 is 0 Å². The van der Waals surface area contributed by atoms with Crippen LogP contribution in [0.3, 0.4) is 0 Å². The summed E-state index contributed by atoms with van der Waals surface area (Å²) >= 11 is 5.27. The summed E-state index contributed by atoms with van der Waals surface area (Å²) < 4.78 is 4.61. The SMILES string of the molecule is CCCNC(=O)OCCCl. The molecule has 1 amide bonds. The number of halogens is 1. The van der Waals surface area contributed by atoms with Crippen molar-refractivity contribution in [2.45, 2.75) is 13.3 Å². The molecule has 0 spiro atoms. The Morgan fingerprint density at radius 2 is 2.40 bits per heavy atom. The van der Waals surface area contributed by atoms with Gasteiger partial charge in [-0.2, -0.15) is 0 Å². The zero-order chi connectivity index (χ0) is 7.82. The fraction of sp³-hybridized carbons (Fsp3) is 0.833. The molecule has 0 unspecified atom stereocenters. The molecule has 1 N–H and O–H groups in total. The second-order valence-electron chi connectivity index (χ2n) is 1.75. The van der Waals surface area contributed by atoms with E-state index in [1.54, 1.807) is 0 Å². The number of rotatable bonds is 4. The van der Waals surface area contributed by atoms with Crippen LogP contribution in [0.5, 0.6) is 0 Å². The summed E-state index contributed by atoms with van der Waals surface area (Å²) in [6, 6.07) is 0. The fourth-order valence-electron chi connectivity index (χ4n) is 0.409. The van der Waals surface area contributed by atoms with Gasteiger partial charge in [0.25, 0.3) is 0 Å². The summed E-state index contributed by atoms with van der Waals surface area (Å²) in [5.41, 5.74) is 0. The molecular weight excluding hydrogens is 154 g/mol. The largest absolute Gasteiger partial charge is 0.448 e. The van der Waals surface area contributed by atoms with Crippen molar-refractivity contribution in [2.75, 3.05) is 19.0 Å². The van der Waals surface area contributed by atoms with Crippen LogP contribution in [0.15, 0.2) is 0 Å². The highest BCUT2D eigenvalue weighted by Gasteiger charge is 1.96. The molecule has 0 saturated heterocycles. The number of hydrogen-bond acceptors (Lipinski definition) is 2. The molecule has 10 heavy (non-hydrogen) atoms. The van der Waals surface area contributed by atoms with Crippen LogP contribution in [-0.2, 0) is 4.74 Å². The van der Waals surface area contributed by atoms with Crippen molar-refractivity contribution >= 4 is 17.7 Å². The standard InChI is InChI=1S/C6H12ClNO2/c1-2-4-8-6(9)10-5-3-7/h2-5H2,1H3,(H,8,9). The number of alkyl carbamates (subject to hydrolysis) is 1. The molecule has 0 aliphatic rings. The Morgan fingerprint density at radius 3 is 2.90 bits per heavy atom. The molecule has 0 aromatic heterocycles. The molecule has 0 aliphatic heterocycles. The molecule has 0 aliphatic carbocycles. The van der Waals surface area contributed by atoms with Gasteiger partial charge < -0.3 is 10.1 Å². The average molecular weight is 166 g/mol. The van der Waals surface area contributed by atoms with Crippen molar-refractivity contribution in [3.05, 3.63) is 0 Å². The summed E-state index contributed by atoms with van der Waals surface area (Å²) in [6.45, 7) is 2.90. The Hall–Kier alpha value is -0.440. The summed E-state index contributed by atoms with van der Waals surface area (Å²) in [7, 11) is 0. The first-order chi connectivity index (χ1) is 4.81. The van der Waals surface area contributed by atoms with E-state index in [1.165, 1.54) is 0 Å². The minimum absolute atomic E-state index is 0.275. The molecule has 0 bridgehead atoms. The topological polar surface area (TPSA) is 38.3 Å². The Balaban J connectivity index is 3.09. The summed E-state index contributed by atoms with van der Waals surface area (Å²) in [6.07, 6.45) is 0.526. The second-order valence-corrected chi connectivity index (χ2v) is 2.13. The van der Waals surface area contributed by atoms with E-state index in [4.69, 9.17) is 11.6 Å². The zero-order valence-corrected chi connectivity index (χ0v) is 6.78. The number of amides is 1. The highest BCUT2D eigenvalue weighted by molar-refractivity contribution is 6.18. The van der Waals surface area contributed by atoms with Gasteiger partial charge in [0.15, 0.2) is 0 Å². The van der Waals surface area contributed by atoms with Gasteiger partial charge in [-0.15, -0.1) is 11.6 Å². The first-order valence-electron chi connectivity index (χ1n) is 3.27. The molecule has 0 aromatic carbocycles. The number of hydrogen-bond donors (Lipinski definition) is 1. The Kier molecular flexibility index (Phi) is 6.38. The van der Waals surface area contributed by atoms with E-state index in [0.717, 1.165) is 6.42 Å². The van der Waals surface area contributed by atoms with Crippen LogP contribution >= 0.6 is 11.6 Å². The van der Waals surface area contributed by atoms with Gasteiger partial charge in [0.1, 0.15) is 6.61 Å². The van der Waals surface area contributed by atoms with Gasteiger partial charge in [-0.1, -0.05) is 6.92 Å². The minimum atomic E-state index is -0.387. The van der Waals surface area contributed by atoms with Gasteiger partial charge in [-0.05, 0) is 6.42 Å². The highest BCUT2D eigenvalue weighted by atomic mass is 35.5. The summed E-state index contributed by atoms with van der Waals surface area (Å²) in [4.78, 5) is 10.6. The average Bonchev–Trinajstić information content (AvgIpc) is 1.97. The van der Waals surface area contributed by atoms with E-state index in [-0.39, 0.29) is 12.7 Å². The van der Waals surface area contributed by atoms with Crippen LogP contribution in [0.4, 0.5) is 4.79 Å². The van der Waals surface area contributed by atoms with Crippen LogP contribution in [-0.4, -0.2) is 25.1 Å². The zero-order valence-electron chi connectivity index (χ0n) is 6.02. The van der Waals surface area contributed by atoms with E-state index in [1.807, 2.05) is 6.92 Å². The van der Waals surface area contributed by atoms with Gasteiger partial charge in [-0.3, -0.25) is 0 Å². The maximum absolute atomic E-state index is 10.6. The summed E-state index contributed by atoms with van der Waals surface area (Å²) in [5.74, 6) is 0.347. The van der Waals surface area contributed by atoms with Crippen LogP contribution in [0.25, 0.3) is 0 Å². The summed E-state index contributed by atoms with van der Waals surface area (Å²) in [5, 5.41) is 2.55. The number of nitrogens with one attached hydrogen (secondary N) is 1. The predicted octanol–water partition coefficient (Wildman–Crippen LogP) is 1.36. The molecule has 4 heteroatoms. The molecule has 0 radical (unpaired) electrons. The molecule has 0 rings (SSSR count). The third-order valence-corrected chi connectivity index (χ3v) is 0.984.